The van der Waals surface area contributed by atoms with Gasteiger partial charge in [0.2, 0.25) is 0 Å². The molecule has 1 aliphatic rings. The maximum Gasteiger partial charge on any atom is 0.0612 e. The Morgan fingerprint density at radius 2 is 1.85 bits per heavy atom. The summed E-state index contributed by atoms with van der Waals surface area (Å²) >= 11 is 0. The van der Waals surface area contributed by atoms with E-state index in [-0.39, 0.29) is 11.1 Å². The van der Waals surface area contributed by atoms with Gasteiger partial charge in [-0.3, -0.25) is 9.97 Å². The standard InChI is InChI=1S/C22H32N4/c1-16(2)25-21(4,5)20-15-18(9-13-24-20)14-17(3)26-22(10-11-22)19-8-6-7-12-23-19/h6-9,12-13,15-17,25-26H,10-11,14H2,1-5H3. The number of nitrogens with zero attached hydrogens (tertiary/aromatic N) is 2. The summed E-state index contributed by atoms with van der Waals surface area (Å²) in [5, 5.41) is 7.42. The van der Waals surface area contributed by atoms with E-state index in [1.807, 2.05) is 18.5 Å². The van der Waals surface area contributed by atoms with Gasteiger partial charge in [-0.2, -0.15) is 0 Å². The number of nitrogens with one attached hydrogen (secondary N) is 2. The van der Waals surface area contributed by atoms with Gasteiger partial charge in [0.15, 0.2) is 0 Å². The first-order valence-corrected chi connectivity index (χ1v) is 9.73. The van der Waals surface area contributed by atoms with Gasteiger partial charge in [0.25, 0.3) is 0 Å². The first-order valence-electron chi connectivity index (χ1n) is 9.73. The van der Waals surface area contributed by atoms with Crippen LogP contribution in [0.2, 0.25) is 0 Å². The maximum absolute atomic E-state index is 4.61. The van der Waals surface area contributed by atoms with Crippen LogP contribution in [0, 0.1) is 0 Å². The lowest BCUT2D eigenvalue weighted by Crippen LogP contribution is -2.42. The zero-order chi connectivity index (χ0) is 18.8. The molecule has 0 amide bonds. The van der Waals surface area contributed by atoms with Crippen molar-refractivity contribution in [2.45, 2.75) is 77.0 Å². The molecule has 1 unspecified atom stereocenters. The highest BCUT2D eigenvalue weighted by Crippen LogP contribution is 2.44. The van der Waals surface area contributed by atoms with Crippen molar-refractivity contribution in [3.8, 4) is 0 Å². The predicted molar refractivity (Wildman–Crippen MR) is 107 cm³/mol. The van der Waals surface area contributed by atoms with Gasteiger partial charge >= 0.3 is 0 Å². The van der Waals surface area contributed by atoms with Gasteiger partial charge in [0, 0.05) is 24.5 Å². The topological polar surface area (TPSA) is 49.8 Å². The molecule has 1 saturated carbocycles. The summed E-state index contributed by atoms with van der Waals surface area (Å²) in [5.41, 5.74) is 3.54. The van der Waals surface area contributed by atoms with Crippen LogP contribution in [-0.4, -0.2) is 22.1 Å². The predicted octanol–water partition coefficient (Wildman–Crippen LogP) is 3.92. The summed E-state index contributed by atoms with van der Waals surface area (Å²) < 4.78 is 0. The molecule has 0 spiro atoms. The number of hydrogen-bond acceptors (Lipinski definition) is 4. The Morgan fingerprint density at radius 1 is 1.08 bits per heavy atom. The van der Waals surface area contributed by atoms with E-state index in [9.17, 15) is 0 Å². The van der Waals surface area contributed by atoms with Crippen LogP contribution < -0.4 is 10.6 Å². The van der Waals surface area contributed by atoms with Crippen LogP contribution in [0.25, 0.3) is 0 Å². The molecule has 3 rings (SSSR count). The van der Waals surface area contributed by atoms with Gasteiger partial charge in [0.05, 0.1) is 22.5 Å². The van der Waals surface area contributed by atoms with Crippen LogP contribution in [-0.2, 0) is 17.5 Å². The van der Waals surface area contributed by atoms with Crippen molar-refractivity contribution >= 4 is 0 Å². The second kappa shape index (κ2) is 7.45. The lowest BCUT2D eigenvalue weighted by atomic mass is 9.96. The molecule has 2 aromatic heterocycles. The minimum Gasteiger partial charge on any atom is -0.304 e. The van der Waals surface area contributed by atoms with Crippen LogP contribution in [0.5, 0.6) is 0 Å². The highest BCUT2D eigenvalue weighted by atomic mass is 15.1. The molecule has 1 fully saturated rings. The van der Waals surface area contributed by atoms with Crippen LogP contribution in [0.4, 0.5) is 0 Å². The van der Waals surface area contributed by atoms with Gasteiger partial charge in [-0.05, 0) is 69.9 Å². The Bertz CT molecular complexity index is 720. The Balaban J connectivity index is 1.67. The molecule has 1 aliphatic carbocycles. The second-order valence-electron chi connectivity index (χ2n) is 8.52. The van der Waals surface area contributed by atoms with Crippen LogP contribution in [0.1, 0.15) is 64.4 Å². The van der Waals surface area contributed by atoms with Crippen molar-refractivity contribution in [3.05, 3.63) is 59.7 Å². The third-order valence-electron chi connectivity index (χ3n) is 5.08. The largest absolute Gasteiger partial charge is 0.304 e. The summed E-state index contributed by atoms with van der Waals surface area (Å²) in [5.74, 6) is 0. The Morgan fingerprint density at radius 3 is 2.46 bits per heavy atom. The zero-order valence-corrected chi connectivity index (χ0v) is 16.7. The van der Waals surface area contributed by atoms with E-state index in [1.165, 1.54) is 24.1 Å². The molecule has 140 valence electrons. The van der Waals surface area contributed by atoms with Gasteiger partial charge in [-0.25, -0.2) is 0 Å². The molecule has 4 nitrogen and oxygen atoms in total. The second-order valence-corrected chi connectivity index (χ2v) is 8.52. The molecule has 2 heterocycles. The molecule has 0 radical (unpaired) electrons. The fraction of sp³-hybridized carbons (Fsp3) is 0.545. The van der Waals surface area contributed by atoms with Gasteiger partial charge in [0.1, 0.15) is 0 Å². The zero-order valence-electron chi connectivity index (χ0n) is 16.7. The fourth-order valence-corrected chi connectivity index (χ4v) is 3.86. The number of pyridine rings is 2. The molecule has 0 aromatic carbocycles. The lowest BCUT2D eigenvalue weighted by molar-refractivity contribution is 0.356. The van der Waals surface area contributed by atoms with Crippen molar-refractivity contribution < 1.29 is 0 Å². The summed E-state index contributed by atoms with van der Waals surface area (Å²) in [6, 6.07) is 11.4. The number of aromatic nitrogens is 2. The van der Waals surface area contributed by atoms with Crippen molar-refractivity contribution in [3.63, 3.8) is 0 Å². The first-order chi connectivity index (χ1) is 12.3. The van der Waals surface area contributed by atoms with Crippen molar-refractivity contribution in [2.75, 3.05) is 0 Å². The van der Waals surface area contributed by atoms with Crippen LogP contribution >= 0.6 is 0 Å². The van der Waals surface area contributed by atoms with E-state index >= 15 is 0 Å². The molecule has 26 heavy (non-hydrogen) atoms. The summed E-state index contributed by atoms with van der Waals surface area (Å²) in [7, 11) is 0. The van der Waals surface area contributed by atoms with E-state index in [0.717, 1.165) is 12.1 Å². The summed E-state index contributed by atoms with van der Waals surface area (Å²) in [6.07, 6.45) is 7.15. The SMILES string of the molecule is CC(C)NC(C)(C)c1cc(CC(C)NC2(c3ccccn3)CC2)ccn1. The molecule has 0 aliphatic heterocycles. The summed E-state index contributed by atoms with van der Waals surface area (Å²) in [4.78, 5) is 9.18. The van der Waals surface area contributed by atoms with Crippen LogP contribution in [0.15, 0.2) is 42.7 Å². The maximum atomic E-state index is 4.61. The van der Waals surface area contributed by atoms with E-state index in [4.69, 9.17) is 0 Å². The van der Waals surface area contributed by atoms with E-state index in [2.05, 4.69) is 79.5 Å². The third-order valence-corrected chi connectivity index (χ3v) is 5.08. The Kier molecular flexibility index (Phi) is 5.44. The van der Waals surface area contributed by atoms with Crippen molar-refractivity contribution in [2.24, 2.45) is 0 Å². The van der Waals surface area contributed by atoms with E-state index in [1.54, 1.807) is 0 Å². The van der Waals surface area contributed by atoms with Crippen molar-refractivity contribution in [1.82, 2.24) is 20.6 Å². The van der Waals surface area contributed by atoms with E-state index < -0.39 is 0 Å². The molecule has 1 atom stereocenters. The number of hydrogen-bond donors (Lipinski definition) is 2. The third kappa shape index (κ3) is 4.49. The molecule has 2 aromatic rings. The first kappa shape index (κ1) is 19.0. The van der Waals surface area contributed by atoms with Gasteiger partial charge in [-0.1, -0.05) is 19.9 Å². The quantitative estimate of drug-likeness (QED) is 0.756. The Hall–Kier alpha value is -1.78. The monoisotopic (exact) mass is 352 g/mol. The van der Waals surface area contributed by atoms with Gasteiger partial charge < -0.3 is 10.6 Å². The fourth-order valence-electron chi connectivity index (χ4n) is 3.86. The Labute approximate surface area is 157 Å². The molecular formula is C22H32N4. The highest BCUT2D eigenvalue weighted by molar-refractivity contribution is 5.25. The summed E-state index contributed by atoms with van der Waals surface area (Å²) in [6.45, 7) is 11.0. The minimum atomic E-state index is -0.132. The highest BCUT2D eigenvalue weighted by Gasteiger charge is 2.46. The molecule has 0 saturated heterocycles. The lowest BCUT2D eigenvalue weighted by Gasteiger charge is -2.29. The smallest absolute Gasteiger partial charge is 0.0612 e. The average molecular weight is 353 g/mol. The normalized spacial score (nSPS) is 17.3. The minimum absolute atomic E-state index is 0.0784. The molecule has 0 bridgehead atoms. The molecule has 2 N–H and O–H groups in total. The molecular weight excluding hydrogens is 320 g/mol. The van der Waals surface area contributed by atoms with E-state index in [0.29, 0.717) is 12.1 Å². The number of rotatable bonds is 8. The molecule has 4 heteroatoms. The van der Waals surface area contributed by atoms with Crippen molar-refractivity contribution in [1.29, 1.82) is 0 Å². The van der Waals surface area contributed by atoms with Crippen LogP contribution in [0.3, 0.4) is 0 Å². The average Bonchev–Trinajstić information content (AvgIpc) is 3.35. The van der Waals surface area contributed by atoms with Gasteiger partial charge in [-0.15, -0.1) is 0 Å².